The Morgan fingerprint density at radius 3 is 2.87 bits per heavy atom. The Labute approximate surface area is 138 Å². The lowest BCUT2D eigenvalue weighted by atomic mass is 10.1. The topological polar surface area (TPSA) is 58.6 Å². The number of amides is 2. The van der Waals surface area contributed by atoms with Gasteiger partial charge in [-0.1, -0.05) is 30.3 Å². The molecule has 0 saturated carbocycles. The van der Waals surface area contributed by atoms with Gasteiger partial charge in [-0.3, -0.25) is 9.59 Å². The molecule has 0 aliphatic carbocycles. The summed E-state index contributed by atoms with van der Waals surface area (Å²) in [5, 5.41) is 2.95. The number of rotatable bonds is 9. The van der Waals surface area contributed by atoms with Crippen molar-refractivity contribution in [3.05, 3.63) is 35.9 Å². The van der Waals surface area contributed by atoms with Gasteiger partial charge in [0.1, 0.15) is 0 Å². The van der Waals surface area contributed by atoms with E-state index < -0.39 is 0 Å². The third-order valence-electron chi connectivity index (χ3n) is 4.06. The first-order valence-corrected chi connectivity index (χ1v) is 8.38. The molecule has 1 fully saturated rings. The van der Waals surface area contributed by atoms with Crippen molar-refractivity contribution in [2.75, 3.05) is 32.8 Å². The maximum Gasteiger partial charge on any atom is 0.225 e. The molecule has 23 heavy (non-hydrogen) atoms. The fourth-order valence-corrected chi connectivity index (χ4v) is 2.78. The zero-order chi connectivity index (χ0) is 16.5. The summed E-state index contributed by atoms with van der Waals surface area (Å²) in [6.45, 7) is 5.12. The molecule has 0 bridgehead atoms. The van der Waals surface area contributed by atoms with Gasteiger partial charge < -0.3 is 15.0 Å². The third kappa shape index (κ3) is 5.67. The maximum atomic E-state index is 12.2. The van der Waals surface area contributed by atoms with E-state index in [-0.39, 0.29) is 17.7 Å². The van der Waals surface area contributed by atoms with Gasteiger partial charge in [-0.2, -0.15) is 0 Å². The van der Waals surface area contributed by atoms with Gasteiger partial charge in [-0.15, -0.1) is 0 Å². The Kier molecular flexibility index (Phi) is 7.07. The van der Waals surface area contributed by atoms with Crippen LogP contribution in [0.25, 0.3) is 0 Å². The summed E-state index contributed by atoms with van der Waals surface area (Å²) in [5.41, 5.74) is 1.20. The minimum atomic E-state index is -0.217. The predicted molar refractivity (Wildman–Crippen MR) is 89.0 cm³/mol. The summed E-state index contributed by atoms with van der Waals surface area (Å²) in [5.74, 6) is -0.156. The minimum Gasteiger partial charge on any atom is -0.382 e. The first-order valence-electron chi connectivity index (χ1n) is 8.38. The number of benzene rings is 1. The highest BCUT2D eigenvalue weighted by Gasteiger charge is 2.33. The second-order valence-electron chi connectivity index (χ2n) is 5.82. The molecule has 0 aromatic heterocycles. The van der Waals surface area contributed by atoms with Gasteiger partial charge in [0.15, 0.2) is 0 Å². The van der Waals surface area contributed by atoms with Crippen LogP contribution in [-0.4, -0.2) is 49.6 Å². The van der Waals surface area contributed by atoms with Crippen molar-refractivity contribution in [2.24, 2.45) is 5.92 Å². The van der Waals surface area contributed by atoms with Crippen molar-refractivity contribution < 1.29 is 14.3 Å². The Morgan fingerprint density at radius 1 is 1.35 bits per heavy atom. The van der Waals surface area contributed by atoms with Crippen LogP contribution in [0.2, 0.25) is 0 Å². The zero-order valence-corrected chi connectivity index (χ0v) is 13.8. The predicted octanol–water partition coefficient (Wildman–Crippen LogP) is 1.62. The summed E-state index contributed by atoms with van der Waals surface area (Å²) in [4.78, 5) is 25.9. The molecule has 5 nitrogen and oxygen atoms in total. The standard InChI is InChI=1S/C18H26N2O3/c1-2-23-12-6-11-20-14-16(13-17(20)21)18(22)19-10-9-15-7-4-3-5-8-15/h3-5,7-8,16H,2,6,9-14H2,1H3,(H,19,22)/t16-/m1/s1. The van der Waals surface area contributed by atoms with Crippen molar-refractivity contribution in [1.29, 1.82) is 0 Å². The smallest absolute Gasteiger partial charge is 0.225 e. The monoisotopic (exact) mass is 318 g/mol. The van der Waals surface area contributed by atoms with Crippen molar-refractivity contribution in [3.63, 3.8) is 0 Å². The molecule has 0 unspecified atom stereocenters. The molecule has 5 heteroatoms. The molecule has 1 aromatic rings. The highest BCUT2D eigenvalue weighted by atomic mass is 16.5. The van der Waals surface area contributed by atoms with Crippen molar-refractivity contribution in [3.8, 4) is 0 Å². The van der Waals surface area contributed by atoms with Crippen LogP contribution in [0.4, 0.5) is 0 Å². The lowest BCUT2D eigenvalue weighted by molar-refractivity contribution is -0.129. The summed E-state index contributed by atoms with van der Waals surface area (Å²) in [6.07, 6.45) is 1.96. The second kappa shape index (κ2) is 9.30. The summed E-state index contributed by atoms with van der Waals surface area (Å²) in [7, 11) is 0. The molecule has 1 aromatic carbocycles. The van der Waals surface area contributed by atoms with E-state index in [1.807, 2.05) is 37.3 Å². The molecule has 2 amide bonds. The van der Waals surface area contributed by atoms with Crippen LogP contribution in [0.1, 0.15) is 25.3 Å². The number of hydrogen-bond donors (Lipinski definition) is 1. The van der Waals surface area contributed by atoms with Gasteiger partial charge in [-0.25, -0.2) is 0 Å². The SMILES string of the molecule is CCOCCCN1C[C@H](C(=O)NCCc2ccccc2)CC1=O. The number of carbonyl (C=O) groups is 2. The number of nitrogens with one attached hydrogen (secondary N) is 1. The van der Waals surface area contributed by atoms with Gasteiger partial charge in [0.2, 0.25) is 11.8 Å². The van der Waals surface area contributed by atoms with Crippen LogP contribution in [0.3, 0.4) is 0 Å². The van der Waals surface area contributed by atoms with Gasteiger partial charge in [0.05, 0.1) is 5.92 Å². The summed E-state index contributed by atoms with van der Waals surface area (Å²) in [6, 6.07) is 10.1. The van der Waals surface area contributed by atoms with Crippen LogP contribution >= 0.6 is 0 Å². The average molecular weight is 318 g/mol. The molecular formula is C18H26N2O3. The van der Waals surface area contributed by atoms with E-state index >= 15 is 0 Å². The molecule has 1 aliphatic heterocycles. The lowest BCUT2D eigenvalue weighted by Gasteiger charge is -2.16. The van der Waals surface area contributed by atoms with Crippen LogP contribution in [0.5, 0.6) is 0 Å². The van der Waals surface area contributed by atoms with E-state index in [4.69, 9.17) is 4.74 Å². The Hall–Kier alpha value is -1.88. The fraction of sp³-hybridized carbons (Fsp3) is 0.556. The fourth-order valence-electron chi connectivity index (χ4n) is 2.78. The first kappa shape index (κ1) is 17.5. The van der Waals surface area contributed by atoms with Gasteiger partial charge >= 0.3 is 0 Å². The third-order valence-corrected chi connectivity index (χ3v) is 4.06. The highest BCUT2D eigenvalue weighted by molar-refractivity contribution is 5.89. The lowest BCUT2D eigenvalue weighted by Crippen LogP contribution is -2.34. The first-order chi connectivity index (χ1) is 11.2. The molecule has 126 valence electrons. The second-order valence-corrected chi connectivity index (χ2v) is 5.82. The average Bonchev–Trinajstić information content (AvgIpc) is 2.94. The van der Waals surface area contributed by atoms with Gasteiger partial charge in [0, 0.05) is 39.3 Å². The van der Waals surface area contributed by atoms with Crippen molar-refractivity contribution in [2.45, 2.75) is 26.2 Å². The molecule has 1 N–H and O–H groups in total. The van der Waals surface area contributed by atoms with E-state index in [2.05, 4.69) is 5.32 Å². The summed E-state index contributed by atoms with van der Waals surface area (Å²) < 4.78 is 5.28. The maximum absolute atomic E-state index is 12.2. The van der Waals surface area contributed by atoms with Crippen LogP contribution in [0, 0.1) is 5.92 Å². The number of carbonyl (C=O) groups excluding carboxylic acids is 2. The molecule has 1 atom stereocenters. The van der Waals surface area contributed by atoms with E-state index in [1.54, 1.807) is 4.90 Å². The normalized spacial score (nSPS) is 17.5. The zero-order valence-electron chi connectivity index (χ0n) is 13.8. The van der Waals surface area contributed by atoms with E-state index in [9.17, 15) is 9.59 Å². The largest absolute Gasteiger partial charge is 0.382 e. The molecule has 0 spiro atoms. The van der Waals surface area contributed by atoms with Crippen LogP contribution in [-0.2, 0) is 20.7 Å². The molecule has 1 heterocycles. The van der Waals surface area contributed by atoms with E-state index in [0.29, 0.717) is 39.3 Å². The minimum absolute atomic E-state index is 0.0124. The number of likely N-dealkylation sites (tertiary alicyclic amines) is 1. The molecular weight excluding hydrogens is 292 g/mol. The Bertz CT molecular complexity index is 504. The van der Waals surface area contributed by atoms with Crippen LogP contribution in [0.15, 0.2) is 30.3 Å². The van der Waals surface area contributed by atoms with E-state index in [0.717, 1.165) is 12.8 Å². The molecule has 1 aliphatic rings. The number of ether oxygens (including phenoxy) is 1. The molecule has 2 rings (SSSR count). The van der Waals surface area contributed by atoms with Crippen LogP contribution < -0.4 is 5.32 Å². The quantitative estimate of drug-likeness (QED) is 0.704. The number of hydrogen-bond acceptors (Lipinski definition) is 3. The van der Waals surface area contributed by atoms with Crippen molar-refractivity contribution >= 4 is 11.8 Å². The van der Waals surface area contributed by atoms with E-state index in [1.165, 1.54) is 5.56 Å². The van der Waals surface area contributed by atoms with Gasteiger partial charge in [0.25, 0.3) is 0 Å². The molecule has 0 radical (unpaired) electrons. The highest BCUT2D eigenvalue weighted by Crippen LogP contribution is 2.18. The Balaban J connectivity index is 1.68. The Morgan fingerprint density at radius 2 is 2.13 bits per heavy atom. The molecule has 1 saturated heterocycles. The number of nitrogens with zero attached hydrogens (tertiary/aromatic N) is 1. The summed E-state index contributed by atoms with van der Waals surface area (Å²) >= 11 is 0. The van der Waals surface area contributed by atoms with Crippen molar-refractivity contribution in [1.82, 2.24) is 10.2 Å². The van der Waals surface area contributed by atoms with Gasteiger partial charge in [-0.05, 0) is 25.3 Å².